The summed E-state index contributed by atoms with van der Waals surface area (Å²) in [6.45, 7) is 8.25. The van der Waals surface area contributed by atoms with Crippen LogP contribution in [-0.4, -0.2) is 21.1 Å². The zero-order valence-electron chi connectivity index (χ0n) is 13.0. The van der Waals surface area contributed by atoms with Crippen LogP contribution >= 0.6 is 0 Å². The zero-order valence-corrected chi connectivity index (χ0v) is 13.0. The number of carbonyl (C=O) groups is 1. The Balaban J connectivity index is 2.18. The third kappa shape index (κ3) is 4.41. The first-order valence-corrected chi connectivity index (χ1v) is 7.10. The van der Waals surface area contributed by atoms with E-state index in [2.05, 4.69) is 41.3 Å². The molecule has 0 fully saturated rings. The highest BCUT2D eigenvalue weighted by Crippen LogP contribution is 2.29. The predicted octanol–water partition coefficient (Wildman–Crippen LogP) is 3.02. The van der Waals surface area contributed by atoms with Crippen LogP contribution in [0.3, 0.4) is 0 Å². The van der Waals surface area contributed by atoms with Gasteiger partial charge in [0.05, 0.1) is 6.04 Å². The minimum absolute atomic E-state index is 0.0579. The summed E-state index contributed by atoms with van der Waals surface area (Å²) in [7, 11) is 0. The fraction of sp³-hybridized carbons (Fsp3) is 0.438. The van der Waals surface area contributed by atoms with Gasteiger partial charge in [-0.1, -0.05) is 51.1 Å². The number of aromatic nitrogens is 3. The van der Waals surface area contributed by atoms with E-state index in [0.29, 0.717) is 5.82 Å². The number of carbonyl (C=O) groups excluding carboxylic acids is 1. The lowest BCUT2D eigenvalue weighted by atomic mass is 9.85. The van der Waals surface area contributed by atoms with Gasteiger partial charge in [0.25, 0.3) is 5.91 Å². The van der Waals surface area contributed by atoms with Crippen LogP contribution in [-0.2, 0) is 0 Å². The molecule has 0 aliphatic carbocycles. The molecule has 0 bridgehead atoms. The van der Waals surface area contributed by atoms with Crippen molar-refractivity contribution in [2.24, 2.45) is 5.41 Å². The van der Waals surface area contributed by atoms with Crippen LogP contribution in [0.15, 0.2) is 30.3 Å². The van der Waals surface area contributed by atoms with Gasteiger partial charge < -0.3 is 5.32 Å². The van der Waals surface area contributed by atoms with Crippen LogP contribution in [0, 0.1) is 12.3 Å². The fourth-order valence-corrected chi connectivity index (χ4v) is 2.22. The van der Waals surface area contributed by atoms with Crippen molar-refractivity contribution in [3.8, 4) is 0 Å². The Morgan fingerprint density at radius 3 is 2.48 bits per heavy atom. The molecule has 2 aromatic rings. The van der Waals surface area contributed by atoms with Crippen molar-refractivity contribution in [3.05, 3.63) is 47.5 Å². The smallest absolute Gasteiger partial charge is 0.291 e. The molecule has 21 heavy (non-hydrogen) atoms. The Kier molecular flexibility index (Phi) is 4.40. The molecule has 0 radical (unpaired) electrons. The third-order valence-electron chi connectivity index (χ3n) is 3.12. The van der Waals surface area contributed by atoms with Gasteiger partial charge in [0.2, 0.25) is 5.82 Å². The third-order valence-corrected chi connectivity index (χ3v) is 3.12. The summed E-state index contributed by atoms with van der Waals surface area (Å²) in [4.78, 5) is 16.3. The number of H-pyrrole nitrogens is 1. The Labute approximate surface area is 125 Å². The van der Waals surface area contributed by atoms with Gasteiger partial charge in [-0.3, -0.25) is 9.89 Å². The van der Waals surface area contributed by atoms with E-state index in [1.807, 2.05) is 30.3 Å². The minimum atomic E-state index is -0.252. The maximum Gasteiger partial charge on any atom is 0.291 e. The lowest BCUT2D eigenvalue weighted by molar-refractivity contribution is 0.0916. The summed E-state index contributed by atoms with van der Waals surface area (Å²) in [6, 6.07) is 9.93. The summed E-state index contributed by atoms with van der Waals surface area (Å²) in [5, 5.41) is 9.64. The molecule has 112 valence electrons. The van der Waals surface area contributed by atoms with Crippen molar-refractivity contribution in [2.45, 2.75) is 40.2 Å². The highest BCUT2D eigenvalue weighted by molar-refractivity contribution is 5.90. The lowest BCUT2D eigenvalue weighted by Gasteiger charge is -2.26. The molecule has 5 nitrogen and oxygen atoms in total. The fourth-order valence-electron chi connectivity index (χ4n) is 2.22. The van der Waals surface area contributed by atoms with E-state index in [-0.39, 0.29) is 23.2 Å². The standard InChI is InChI=1S/C16H22N4O/c1-11-17-14(20-19-11)15(21)18-13(10-16(2,3)4)12-8-6-5-7-9-12/h5-9,13H,10H2,1-4H3,(H,18,21)(H,17,19,20). The van der Waals surface area contributed by atoms with Crippen molar-refractivity contribution in [1.29, 1.82) is 0 Å². The molecule has 1 aromatic heterocycles. The normalized spacial score (nSPS) is 13.0. The number of aromatic amines is 1. The second-order valence-electron chi connectivity index (χ2n) is 6.45. The van der Waals surface area contributed by atoms with E-state index in [4.69, 9.17) is 0 Å². The summed E-state index contributed by atoms with van der Waals surface area (Å²) >= 11 is 0. The highest BCUT2D eigenvalue weighted by Gasteiger charge is 2.23. The molecule has 0 saturated heterocycles. The van der Waals surface area contributed by atoms with Gasteiger partial charge in [-0.05, 0) is 24.3 Å². The van der Waals surface area contributed by atoms with Crippen molar-refractivity contribution >= 4 is 5.91 Å². The molecule has 0 saturated carbocycles. The van der Waals surface area contributed by atoms with Crippen molar-refractivity contribution < 1.29 is 4.79 Å². The molecular weight excluding hydrogens is 264 g/mol. The first kappa shape index (κ1) is 15.2. The molecule has 0 spiro atoms. The van der Waals surface area contributed by atoms with E-state index in [0.717, 1.165) is 12.0 Å². The van der Waals surface area contributed by atoms with E-state index in [1.54, 1.807) is 6.92 Å². The van der Waals surface area contributed by atoms with E-state index in [1.165, 1.54) is 0 Å². The van der Waals surface area contributed by atoms with Crippen molar-refractivity contribution in [1.82, 2.24) is 20.5 Å². The van der Waals surface area contributed by atoms with Crippen LogP contribution in [0.5, 0.6) is 0 Å². The molecule has 2 N–H and O–H groups in total. The summed E-state index contributed by atoms with van der Waals surface area (Å²) < 4.78 is 0. The van der Waals surface area contributed by atoms with Crippen molar-refractivity contribution in [2.75, 3.05) is 0 Å². The Hall–Kier alpha value is -2.17. The average molecular weight is 286 g/mol. The number of nitrogens with zero attached hydrogens (tertiary/aromatic N) is 2. The van der Waals surface area contributed by atoms with Crippen LogP contribution in [0.1, 0.15) is 55.2 Å². The number of hydrogen-bond acceptors (Lipinski definition) is 3. The molecule has 1 atom stereocenters. The minimum Gasteiger partial charge on any atom is -0.342 e. The van der Waals surface area contributed by atoms with E-state index >= 15 is 0 Å². The van der Waals surface area contributed by atoms with Crippen LogP contribution in [0.4, 0.5) is 0 Å². The Bertz CT molecular complexity index is 598. The summed E-state index contributed by atoms with van der Waals surface area (Å²) in [5.41, 5.74) is 1.19. The summed E-state index contributed by atoms with van der Waals surface area (Å²) in [6.07, 6.45) is 0.839. The maximum atomic E-state index is 12.3. The lowest BCUT2D eigenvalue weighted by Crippen LogP contribution is -2.32. The molecule has 1 amide bonds. The van der Waals surface area contributed by atoms with Gasteiger partial charge in [0, 0.05) is 0 Å². The van der Waals surface area contributed by atoms with Crippen LogP contribution < -0.4 is 5.32 Å². The van der Waals surface area contributed by atoms with Crippen molar-refractivity contribution in [3.63, 3.8) is 0 Å². The average Bonchev–Trinajstić information content (AvgIpc) is 2.84. The number of hydrogen-bond donors (Lipinski definition) is 2. The molecule has 0 aliphatic rings. The topological polar surface area (TPSA) is 70.7 Å². The second kappa shape index (κ2) is 6.08. The SMILES string of the molecule is Cc1nc(C(=O)NC(CC(C)(C)C)c2ccccc2)n[nH]1. The zero-order chi connectivity index (χ0) is 15.5. The number of rotatable bonds is 4. The van der Waals surface area contributed by atoms with Gasteiger partial charge in [-0.15, -0.1) is 5.10 Å². The molecule has 1 heterocycles. The molecule has 0 aliphatic heterocycles. The first-order chi connectivity index (χ1) is 9.85. The molecule has 5 heteroatoms. The second-order valence-corrected chi connectivity index (χ2v) is 6.45. The number of aryl methyl sites for hydroxylation is 1. The van der Waals surface area contributed by atoms with Gasteiger partial charge in [-0.2, -0.15) is 0 Å². The number of benzene rings is 1. The maximum absolute atomic E-state index is 12.3. The predicted molar refractivity (Wildman–Crippen MR) is 81.8 cm³/mol. The molecular formula is C16H22N4O. The molecule has 2 rings (SSSR count). The largest absolute Gasteiger partial charge is 0.342 e. The van der Waals surface area contributed by atoms with Gasteiger partial charge in [0.15, 0.2) is 0 Å². The van der Waals surface area contributed by atoms with Crippen LogP contribution in [0.2, 0.25) is 0 Å². The first-order valence-electron chi connectivity index (χ1n) is 7.10. The highest BCUT2D eigenvalue weighted by atomic mass is 16.2. The van der Waals surface area contributed by atoms with Gasteiger partial charge in [0.1, 0.15) is 5.82 Å². The number of nitrogens with one attached hydrogen (secondary N) is 2. The van der Waals surface area contributed by atoms with Gasteiger partial charge >= 0.3 is 0 Å². The summed E-state index contributed by atoms with van der Waals surface area (Å²) in [5.74, 6) is 0.562. The Morgan fingerprint density at radius 1 is 1.29 bits per heavy atom. The number of amides is 1. The van der Waals surface area contributed by atoms with E-state index < -0.39 is 0 Å². The Morgan fingerprint density at radius 2 is 1.95 bits per heavy atom. The quantitative estimate of drug-likeness (QED) is 0.907. The molecule has 1 unspecified atom stereocenters. The van der Waals surface area contributed by atoms with Crippen LogP contribution in [0.25, 0.3) is 0 Å². The molecule has 1 aromatic carbocycles. The monoisotopic (exact) mass is 286 g/mol. The van der Waals surface area contributed by atoms with E-state index in [9.17, 15) is 4.79 Å². The van der Waals surface area contributed by atoms with Gasteiger partial charge in [-0.25, -0.2) is 4.98 Å².